The third kappa shape index (κ3) is 4.80. The van der Waals surface area contributed by atoms with Gasteiger partial charge in [-0.1, -0.05) is 11.8 Å². The van der Waals surface area contributed by atoms with Crippen LogP contribution in [0.3, 0.4) is 0 Å². The maximum absolute atomic E-state index is 12.2. The Hall–Kier alpha value is -1.99. The number of hydrogen-bond donors (Lipinski definition) is 1. The van der Waals surface area contributed by atoms with Gasteiger partial charge in [-0.15, -0.1) is 0 Å². The van der Waals surface area contributed by atoms with Crippen molar-refractivity contribution in [2.45, 2.75) is 44.7 Å². The Kier molecular flexibility index (Phi) is 6.21. The van der Waals surface area contributed by atoms with Gasteiger partial charge in [-0.05, 0) is 45.0 Å². The summed E-state index contributed by atoms with van der Waals surface area (Å²) in [4.78, 5) is 18.8. The summed E-state index contributed by atoms with van der Waals surface area (Å²) in [7, 11) is 0. The summed E-state index contributed by atoms with van der Waals surface area (Å²) in [5.74, 6) is 0.319. The number of aromatic nitrogens is 2. The summed E-state index contributed by atoms with van der Waals surface area (Å²) in [6.07, 6.45) is 4.14. The molecule has 2 atom stereocenters. The SMILES string of the molecule is CCn1ccnc1SCC(=O)Nc1ccc(N2C[C@@H](C)O[C@@H](C)C2)cc1. The lowest BCUT2D eigenvalue weighted by Crippen LogP contribution is -2.45. The molecule has 140 valence electrons. The molecule has 2 heterocycles. The van der Waals surface area contributed by atoms with E-state index in [1.165, 1.54) is 11.8 Å². The van der Waals surface area contributed by atoms with Crippen LogP contribution in [0.25, 0.3) is 0 Å². The lowest BCUT2D eigenvalue weighted by atomic mass is 10.2. The number of rotatable bonds is 6. The van der Waals surface area contributed by atoms with E-state index in [4.69, 9.17) is 4.74 Å². The Labute approximate surface area is 158 Å². The normalized spacial score (nSPS) is 20.2. The molecule has 0 aliphatic carbocycles. The molecule has 1 aliphatic rings. The smallest absolute Gasteiger partial charge is 0.234 e. The third-order valence-corrected chi connectivity index (χ3v) is 5.29. The number of thioether (sulfide) groups is 1. The Morgan fingerprint density at radius 2 is 1.96 bits per heavy atom. The van der Waals surface area contributed by atoms with Gasteiger partial charge in [0.15, 0.2) is 5.16 Å². The number of morpholine rings is 1. The fourth-order valence-corrected chi connectivity index (χ4v) is 3.97. The van der Waals surface area contributed by atoms with Crippen LogP contribution in [0, 0.1) is 0 Å². The number of amides is 1. The summed E-state index contributed by atoms with van der Waals surface area (Å²) in [6.45, 7) is 8.87. The van der Waals surface area contributed by atoms with Crippen molar-refractivity contribution in [2.24, 2.45) is 0 Å². The van der Waals surface area contributed by atoms with Crippen molar-refractivity contribution < 1.29 is 9.53 Å². The molecule has 0 saturated carbocycles. The second kappa shape index (κ2) is 8.60. The molecule has 1 saturated heterocycles. The number of carbonyl (C=O) groups excluding carboxylic acids is 1. The number of nitrogens with zero attached hydrogens (tertiary/aromatic N) is 3. The van der Waals surface area contributed by atoms with Crippen LogP contribution in [-0.2, 0) is 16.1 Å². The number of benzene rings is 1. The number of hydrogen-bond acceptors (Lipinski definition) is 5. The van der Waals surface area contributed by atoms with Gasteiger partial charge in [-0.2, -0.15) is 0 Å². The number of anilines is 2. The highest BCUT2D eigenvalue weighted by atomic mass is 32.2. The van der Waals surface area contributed by atoms with E-state index in [9.17, 15) is 4.79 Å². The molecule has 26 heavy (non-hydrogen) atoms. The van der Waals surface area contributed by atoms with E-state index in [-0.39, 0.29) is 18.1 Å². The van der Waals surface area contributed by atoms with E-state index >= 15 is 0 Å². The molecule has 2 aromatic rings. The molecule has 3 rings (SSSR count). The maximum Gasteiger partial charge on any atom is 0.234 e. The Morgan fingerprint density at radius 3 is 2.62 bits per heavy atom. The van der Waals surface area contributed by atoms with E-state index in [1.807, 2.05) is 22.9 Å². The summed E-state index contributed by atoms with van der Waals surface area (Å²) in [5, 5.41) is 3.82. The van der Waals surface area contributed by atoms with Gasteiger partial charge < -0.3 is 19.5 Å². The van der Waals surface area contributed by atoms with Gasteiger partial charge in [0.2, 0.25) is 5.91 Å². The number of aryl methyl sites for hydroxylation is 1. The maximum atomic E-state index is 12.2. The van der Waals surface area contributed by atoms with Crippen molar-refractivity contribution in [1.29, 1.82) is 0 Å². The molecule has 0 radical (unpaired) electrons. The van der Waals surface area contributed by atoms with Gasteiger partial charge in [0.25, 0.3) is 0 Å². The van der Waals surface area contributed by atoms with Crippen LogP contribution in [0.1, 0.15) is 20.8 Å². The molecule has 6 nitrogen and oxygen atoms in total. The summed E-state index contributed by atoms with van der Waals surface area (Å²) in [6, 6.07) is 8.01. The Balaban J connectivity index is 1.53. The van der Waals surface area contributed by atoms with Gasteiger partial charge in [0, 0.05) is 43.4 Å². The number of ether oxygens (including phenoxy) is 1. The second-order valence-electron chi connectivity index (χ2n) is 6.54. The van der Waals surface area contributed by atoms with Crippen LogP contribution in [0.5, 0.6) is 0 Å². The largest absolute Gasteiger partial charge is 0.372 e. The lowest BCUT2D eigenvalue weighted by Gasteiger charge is -2.36. The minimum Gasteiger partial charge on any atom is -0.372 e. The monoisotopic (exact) mass is 374 g/mol. The first-order chi connectivity index (χ1) is 12.5. The van der Waals surface area contributed by atoms with Gasteiger partial charge >= 0.3 is 0 Å². The topological polar surface area (TPSA) is 59.4 Å². The molecular weight excluding hydrogens is 348 g/mol. The van der Waals surface area contributed by atoms with Crippen molar-refractivity contribution in [3.8, 4) is 0 Å². The first kappa shape index (κ1) is 18.8. The van der Waals surface area contributed by atoms with E-state index in [0.717, 1.165) is 36.2 Å². The standard InChI is InChI=1S/C19H26N4O2S/c1-4-22-10-9-20-19(22)26-13-18(24)21-16-5-7-17(8-6-16)23-11-14(2)25-15(3)12-23/h5-10,14-15H,4,11-13H2,1-3H3,(H,21,24)/t14-,15+. The van der Waals surface area contributed by atoms with Crippen molar-refractivity contribution in [1.82, 2.24) is 9.55 Å². The number of carbonyl (C=O) groups is 1. The van der Waals surface area contributed by atoms with E-state index in [1.54, 1.807) is 6.20 Å². The predicted octanol–water partition coefficient (Wildman–Crippen LogP) is 3.25. The molecule has 1 aromatic carbocycles. The minimum atomic E-state index is -0.0259. The zero-order chi connectivity index (χ0) is 18.5. The molecule has 0 spiro atoms. The number of nitrogens with one attached hydrogen (secondary N) is 1. The van der Waals surface area contributed by atoms with Crippen molar-refractivity contribution in [2.75, 3.05) is 29.1 Å². The Morgan fingerprint density at radius 1 is 1.27 bits per heavy atom. The van der Waals surface area contributed by atoms with Gasteiger partial charge in [-0.3, -0.25) is 4.79 Å². The van der Waals surface area contributed by atoms with E-state index in [0.29, 0.717) is 5.75 Å². The zero-order valence-electron chi connectivity index (χ0n) is 15.5. The van der Waals surface area contributed by atoms with Crippen LogP contribution < -0.4 is 10.2 Å². The summed E-state index contributed by atoms with van der Waals surface area (Å²) < 4.78 is 7.81. The van der Waals surface area contributed by atoms with Crippen LogP contribution >= 0.6 is 11.8 Å². The average Bonchev–Trinajstić information content (AvgIpc) is 3.07. The van der Waals surface area contributed by atoms with E-state index < -0.39 is 0 Å². The molecule has 1 amide bonds. The molecule has 1 aromatic heterocycles. The average molecular weight is 375 g/mol. The highest BCUT2D eigenvalue weighted by Crippen LogP contribution is 2.23. The van der Waals surface area contributed by atoms with Gasteiger partial charge in [-0.25, -0.2) is 4.98 Å². The van der Waals surface area contributed by atoms with Crippen molar-refractivity contribution >= 4 is 29.0 Å². The highest BCUT2D eigenvalue weighted by molar-refractivity contribution is 7.99. The van der Waals surface area contributed by atoms with Crippen LogP contribution in [0.4, 0.5) is 11.4 Å². The quantitative estimate of drug-likeness (QED) is 0.787. The van der Waals surface area contributed by atoms with Gasteiger partial charge in [0.1, 0.15) is 0 Å². The second-order valence-corrected chi connectivity index (χ2v) is 7.48. The van der Waals surface area contributed by atoms with Crippen LogP contribution in [0.15, 0.2) is 41.8 Å². The fraction of sp³-hybridized carbons (Fsp3) is 0.474. The molecular formula is C19H26N4O2S. The molecule has 0 bridgehead atoms. The summed E-state index contributed by atoms with van der Waals surface area (Å²) >= 11 is 1.45. The molecule has 7 heteroatoms. The first-order valence-corrected chi connectivity index (χ1v) is 9.98. The van der Waals surface area contributed by atoms with Crippen LogP contribution in [-0.4, -0.2) is 46.5 Å². The Bertz CT molecular complexity index is 721. The molecule has 1 aliphatic heterocycles. The van der Waals surface area contributed by atoms with Crippen molar-refractivity contribution in [3.63, 3.8) is 0 Å². The lowest BCUT2D eigenvalue weighted by molar-refractivity contribution is -0.113. The highest BCUT2D eigenvalue weighted by Gasteiger charge is 2.22. The predicted molar refractivity (Wildman–Crippen MR) is 106 cm³/mol. The molecule has 1 fully saturated rings. The summed E-state index contributed by atoms with van der Waals surface area (Å²) in [5.41, 5.74) is 1.97. The van der Waals surface area contributed by atoms with E-state index in [2.05, 4.69) is 48.1 Å². The fourth-order valence-electron chi connectivity index (χ4n) is 3.15. The minimum absolute atomic E-state index is 0.0259. The third-order valence-electron chi connectivity index (χ3n) is 4.29. The van der Waals surface area contributed by atoms with Crippen molar-refractivity contribution in [3.05, 3.63) is 36.7 Å². The van der Waals surface area contributed by atoms with Crippen LogP contribution in [0.2, 0.25) is 0 Å². The molecule has 1 N–H and O–H groups in total. The van der Waals surface area contributed by atoms with Gasteiger partial charge in [0.05, 0.1) is 18.0 Å². The zero-order valence-corrected chi connectivity index (χ0v) is 16.3. The molecule has 0 unspecified atom stereocenters. The first-order valence-electron chi connectivity index (χ1n) is 8.99. The number of imidazole rings is 1.